The lowest BCUT2D eigenvalue weighted by atomic mass is 10.2. The molecule has 1 N–H and O–H groups in total. The highest BCUT2D eigenvalue weighted by atomic mass is 16.5. The molecule has 1 heterocycles. The average molecular weight is 260 g/mol. The second kappa shape index (κ2) is 6.95. The molecule has 4 heteroatoms. The van der Waals surface area contributed by atoms with Crippen molar-refractivity contribution in [3.05, 3.63) is 35.9 Å². The summed E-state index contributed by atoms with van der Waals surface area (Å²) in [6.45, 7) is 5.95. The van der Waals surface area contributed by atoms with Gasteiger partial charge in [0.2, 0.25) is 5.91 Å². The molecule has 1 aliphatic rings. The summed E-state index contributed by atoms with van der Waals surface area (Å²) < 4.78 is 5.38. The van der Waals surface area contributed by atoms with E-state index in [0.717, 1.165) is 37.5 Å². The van der Waals surface area contributed by atoms with Gasteiger partial charge in [0.05, 0.1) is 6.61 Å². The molecule has 19 heavy (non-hydrogen) atoms. The highest BCUT2D eigenvalue weighted by Gasteiger charge is 2.12. The zero-order chi connectivity index (χ0) is 13.5. The smallest absolute Gasteiger partial charge is 0.246 e. The molecule has 1 aliphatic heterocycles. The SMILES string of the molecule is CCOc1ccc(/C=C/C(=O)N2CCNCC2)cc1. The molecule has 4 nitrogen and oxygen atoms in total. The number of piperazine rings is 1. The summed E-state index contributed by atoms with van der Waals surface area (Å²) in [5.74, 6) is 0.934. The average Bonchev–Trinajstić information content (AvgIpc) is 2.47. The van der Waals surface area contributed by atoms with E-state index in [-0.39, 0.29) is 5.91 Å². The number of hydrogen-bond acceptors (Lipinski definition) is 3. The Morgan fingerprint density at radius 3 is 2.63 bits per heavy atom. The van der Waals surface area contributed by atoms with Gasteiger partial charge >= 0.3 is 0 Å². The number of hydrogen-bond donors (Lipinski definition) is 1. The van der Waals surface area contributed by atoms with Crippen LogP contribution in [0.1, 0.15) is 12.5 Å². The first-order valence-electron chi connectivity index (χ1n) is 6.70. The fourth-order valence-corrected chi connectivity index (χ4v) is 2.00. The molecule has 1 saturated heterocycles. The van der Waals surface area contributed by atoms with Gasteiger partial charge in [-0.3, -0.25) is 4.79 Å². The molecule has 1 fully saturated rings. The van der Waals surface area contributed by atoms with Crippen molar-refractivity contribution in [3.63, 3.8) is 0 Å². The Morgan fingerprint density at radius 1 is 1.32 bits per heavy atom. The molecule has 2 rings (SSSR count). The maximum atomic E-state index is 11.9. The fourth-order valence-electron chi connectivity index (χ4n) is 2.00. The molecule has 0 atom stereocenters. The van der Waals surface area contributed by atoms with Crippen molar-refractivity contribution in [2.75, 3.05) is 32.8 Å². The number of benzene rings is 1. The Balaban J connectivity index is 1.91. The summed E-state index contributed by atoms with van der Waals surface area (Å²) in [5, 5.41) is 3.23. The summed E-state index contributed by atoms with van der Waals surface area (Å²) in [4.78, 5) is 13.8. The molecule has 0 saturated carbocycles. The van der Waals surface area contributed by atoms with E-state index >= 15 is 0 Å². The van der Waals surface area contributed by atoms with Crippen LogP contribution in [0.4, 0.5) is 0 Å². The first kappa shape index (κ1) is 13.6. The Labute approximate surface area is 114 Å². The third-order valence-electron chi connectivity index (χ3n) is 3.04. The van der Waals surface area contributed by atoms with Crippen LogP contribution in [-0.2, 0) is 4.79 Å². The number of ether oxygens (including phenoxy) is 1. The zero-order valence-corrected chi connectivity index (χ0v) is 11.3. The second-order valence-corrected chi connectivity index (χ2v) is 4.41. The summed E-state index contributed by atoms with van der Waals surface area (Å²) in [6.07, 6.45) is 3.49. The van der Waals surface area contributed by atoms with E-state index in [0.29, 0.717) is 6.61 Å². The van der Waals surface area contributed by atoms with Crippen LogP contribution < -0.4 is 10.1 Å². The molecule has 0 aliphatic carbocycles. The second-order valence-electron chi connectivity index (χ2n) is 4.41. The number of carbonyl (C=O) groups excluding carboxylic acids is 1. The van der Waals surface area contributed by atoms with E-state index in [1.807, 2.05) is 42.2 Å². The lowest BCUT2D eigenvalue weighted by Gasteiger charge is -2.26. The van der Waals surface area contributed by atoms with Gasteiger partial charge in [-0.1, -0.05) is 12.1 Å². The Kier molecular flexibility index (Phi) is 4.98. The number of amides is 1. The normalized spacial score (nSPS) is 15.7. The van der Waals surface area contributed by atoms with Gasteiger partial charge in [0, 0.05) is 32.3 Å². The van der Waals surface area contributed by atoms with Crippen molar-refractivity contribution in [1.29, 1.82) is 0 Å². The predicted molar refractivity (Wildman–Crippen MR) is 76.1 cm³/mol. The van der Waals surface area contributed by atoms with E-state index in [1.54, 1.807) is 6.08 Å². The van der Waals surface area contributed by atoms with Gasteiger partial charge in [0.15, 0.2) is 0 Å². The first-order valence-corrected chi connectivity index (χ1v) is 6.70. The van der Waals surface area contributed by atoms with Crippen LogP contribution in [0.3, 0.4) is 0 Å². The minimum absolute atomic E-state index is 0.0791. The highest BCUT2D eigenvalue weighted by Crippen LogP contribution is 2.13. The van der Waals surface area contributed by atoms with Gasteiger partial charge < -0.3 is 15.0 Å². The molecule has 0 aromatic heterocycles. The molecular formula is C15H20N2O2. The van der Waals surface area contributed by atoms with Crippen molar-refractivity contribution >= 4 is 12.0 Å². The maximum Gasteiger partial charge on any atom is 0.246 e. The minimum Gasteiger partial charge on any atom is -0.494 e. The number of nitrogens with one attached hydrogen (secondary N) is 1. The largest absolute Gasteiger partial charge is 0.494 e. The number of rotatable bonds is 4. The predicted octanol–water partition coefficient (Wildman–Crippen LogP) is 1.53. The van der Waals surface area contributed by atoms with Crippen molar-refractivity contribution in [2.24, 2.45) is 0 Å². The van der Waals surface area contributed by atoms with E-state index in [4.69, 9.17) is 4.74 Å². The topological polar surface area (TPSA) is 41.6 Å². The molecule has 1 amide bonds. The van der Waals surface area contributed by atoms with Crippen LogP contribution in [0.25, 0.3) is 6.08 Å². The van der Waals surface area contributed by atoms with Crippen molar-refractivity contribution in [1.82, 2.24) is 10.2 Å². The van der Waals surface area contributed by atoms with Crippen molar-refractivity contribution in [2.45, 2.75) is 6.92 Å². The van der Waals surface area contributed by atoms with Gasteiger partial charge in [-0.25, -0.2) is 0 Å². The van der Waals surface area contributed by atoms with Gasteiger partial charge in [0.1, 0.15) is 5.75 Å². The Hall–Kier alpha value is -1.81. The first-order chi connectivity index (χ1) is 9.29. The Morgan fingerprint density at radius 2 is 2.00 bits per heavy atom. The summed E-state index contributed by atoms with van der Waals surface area (Å²) in [5.41, 5.74) is 1.01. The fraction of sp³-hybridized carbons (Fsp3) is 0.400. The molecular weight excluding hydrogens is 240 g/mol. The molecule has 1 aromatic rings. The van der Waals surface area contributed by atoms with E-state index < -0.39 is 0 Å². The zero-order valence-electron chi connectivity index (χ0n) is 11.3. The Bertz CT molecular complexity index is 434. The van der Waals surface area contributed by atoms with Crippen LogP contribution >= 0.6 is 0 Å². The van der Waals surface area contributed by atoms with Gasteiger partial charge in [-0.2, -0.15) is 0 Å². The van der Waals surface area contributed by atoms with Crippen LogP contribution in [0.15, 0.2) is 30.3 Å². The lowest BCUT2D eigenvalue weighted by molar-refractivity contribution is -0.126. The van der Waals surface area contributed by atoms with E-state index in [1.165, 1.54) is 0 Å². The summed E-state index contributed by atoms with van der Waals surface area (Å²) in [7, 11) is 0. The molecule has 102 valence electrons. The summed E-state index contributed by atoms with van der Waals surface area (Å²) in [6, 6.07) is 7.73. The van der Waals surface area contributed by atoms with Gasteiger partial charge in [-0.15, -0.1) is 0 Å². The van der Waals surface area contributed by atoms with Crippen LogP contribution in [0.5, 0.6) is 5.75 Å². The highest BCUT2D eigenvalue weighted by molar-refractivity contribution is 5.91. The van der Waals surface area contributed by atoms with E-state index in [9.17, 15) is 4.79 Å². The third kappa shape index (κ3) is 4.10. The number of nitrogens with zero attached hydrogens (tertiary/aromatic N) is 1. The lowest BCUT2D eigenvalue weighted by Crippen LogP contribution is -2.45. The van der Waals surface area contributed by atoms with Crippen molar-refractivity contribution in [3.8, 4) is 5.75 Å². The molecule has 1 aromatic carbocycles. The molecule has 0 spiro atoms. The summed E-state index contributed by atoms with van der Waals surface area (Å²) >= 11 is 0. The van der Waals surface area contributed by atoms with Crippen LogP contribution in [-0.4, -0.2) is 43.6 Å². The van der Waals surface area contributed by atoms with Gasteiger partial charge in [0.25, 0.3) is 0 Å². The standard InChI is InChI=1S/C15H20N2O2/c1-2-19-14-6-3-13(4-7-14)5-8-15(18)17-11-9-16-10-12-17/h3-8,16H,2,9-12H2,1H3/b8-5+. The number of carbonyl (C=O) groups is 1. The van der Waals surface area contributed by atoms with Gasteiger partial charge in [-0.05, 0) is 30.7 Å². The molecule has 0 radical (unpaired) electrons. The quantitative estimate of drug-likeness (QED) is 0.835. The minimum atomic E-state index is 0.0791. The maximum absolute atomic E-state index is 11.9. The molecule has 0 bridgehead atoms. The van der Waals surface area contributed by atoms with Crippen molar-refractivity contribution < 1.29 is 9.53 Å². The monoisotopic (exact) mass is 260 g/mol. The molecule has 0 unspecified atom stereocenters. The van der Waals surface area contributed by atoms with Crippen LogP contribution in [0, 0.1) is 0 Å². The third-order valence-corrected chi connectivity index (χ3v) is 3.04. The van der Waals surface area contributed by atoms with E-state index in [2.05, 4.69) is 5.32 Å². The van der Waals surface area contributed by atoms with Crippen LogP contribution in [0.2, 0.25) is 0 Å².